The van der Waals surface area contributed by atoms with Gasteiger partial charge in [-0.1, -0.05) is 47.9 Å². The molecule has 43 heavy (non-hydrogen) atoms. The van der Waals surface area contributed by atoms with Crippen molar-refractivity contribution in [2.75, 3.05) is 27.3 Å². The SMILES string of the molecule is COc1ccc(COc2ccc(C(=O)N3CCC(C)(c4cc(C(=O)O)on4)C3)c(Cl)c2OCc2ccc(OC)cc2)cc1. The number of benzene rings is 3. The molecule has 1 N–H and O–H groups in total. The predicted molar refractivity (Wildman–Crippen MR) is 157 cm³/mol. The van der Waals surface area contributed by atoms with E-state index in [0.717, 1.165) is 22.6 Å². The first-order chi connectivity index (χ1) is 20.7. The maximum atomic E-state index is 13.7. The van der Waals surface area contributed by atoms with E-state index in [9.17, 15) is 14.7 Å². The van der Waals surface area contributed by atoms with Gasteiger partial charge in [-0.3, -0.25) is 4.79 Å². The topological polar surface area (TPSA) is 121 Å². The number of hydrogen-bond acceptors (Lipinski definition) is 8. The zero-order chi connectivity index (χ0) is 30.6. The first kappa shape index (κ1) is 29.8. The van der Waals surface area contributed by atoms with Gasteiger partial charge in [0.2, 0.25) is 5.76 Å². The summed E-state index contributed by atoms with van der Waals surface area (Å²) in [6, 6.07) is 19.6. The molecule has 1 amide bonds. The van der Waals surface area contributed by atoms with Crippen molar-refractivity contribution in [3.63, 3.8) is 0 Å². The summed E-state index contributed by atoms with van der Waals surface area (Å²) >= 11 is 6.87. The number of carboxylic acid groups (broad SMARTS) is 1. The van der Waals surface area contributed by atoms with Crippen LogP contribution in [0.15, 0.2) is 71.3 Å². The number of rotatable bonds is 11. The average Bonchev–Trinajstić information content (AvgIpc) is 3.69. The number of aromatic carboxylic acids is 1. The van der Waals surface area contributed by atoms with Crippen LogP contribution in [-0.4, -0.2) is 54.3 Å². The van der Waals surface area contributed by atoms with Gasteiger partial charge < -0.3 is 33.5 Å². The van der Waals surface area contributed by atoms with Gasteiger partial charge in [0.05, 0.1) is 30.5 Å². The third kappa shape index (κ3) is 6.54. The van der Waals surface area contributed by atoms with E-state index in [1.54, 1.807) is 31.3 Å². The Morgan fingerprint density at radius 1 is 0.953 bits per heavy atom. The molecule has 224 valence electrons. The predicted octanol–water partition coefficient (Wildman–Crippen LogP) is 6.01. The molecule has 2 heterocycles. The van der Waals surface area contributed by atoms with Crippen LogP contribution in [0.2, 0.25) is 5.02 Å². The Morgan fingerprint density at radius 3 is 2.12 bits per heavy atom. The summed E-state index contributed by atoms with van der Waals surface area (Å²) in [5, 5.41) is 13.3. The molecule has 0 spiro atoms. The number of likely N-dealkylation sites (tertiary alicyclic amines) is 1. The molecule has 3 aromatic carbocycles. The van der Waals surface area contributed by atoms with Crippen molar-refractivity contribution >= 4 is 23.5 Å². The second-order valence-electron chi connectivity index (χ2n) is 10.4. The Hall–Kier alpha value is -4.70. The molecule has 0 radical (unpaired) electrons. The van der Waals surface area contributed by atoms with E-state index >= 15 is 0 Å². The number of methoxy groups -OCH3 is 2. The van der Waals surface area contributed by atoms with Crippen molar-refractivity contribution in [3.05, 3.63) is 99.9 Å². The minimum Gasteiger partial charge on any atom is -0.497 e. The van der Waals surface area contributed by atoms with Crippen LogP contribution in [0.4, 0.5) is 0 Å². The van der Waals surface area contributed by atoms with Gasteiger partial charge in [0.25, 0.3) is 5.91 Å². The number of nitrogens with zero attached hydrogens (tertiary/aromatic N) is 2. The Bertz CT molecular complexity index is 1600. The molecular formula is C32H31ClN2O8. The lowest BCUT2D eigenvalue weighted by molar-refractivity contribution is 0.0651. The van der Waals surface area contributed by atoms with Gasteiger partial charge >= 0.3 is 5.97 Å². The molecule has 5 rings (SSSR count). The maximum absolute atomic E-state index is 13.7. The number of carbonyl (C=O) groups excluding carboxylic acids is 1. The van der Waals surface area contributed by atoms with E-state index in [-0.39, 0.29) is 41.2 Å². The van der Waals surface area contributed by atoms with Gasteiger partial charge in [-0.05, 0) is 53.9 Å². The Balaban J connectivity index is 1.38. The van der Waals surface area contributed by atoms with E-state index in [1.165, 1.54) is 6.07 Å². The highest BCUT2D eigenvalue weighted by Gasteiger charge is 2.41. The standard InChI is InChI=1S/C32H31ClN2O8/c1-32(27-16-26(31(37)38)43-34-27)14-15-35(19-32)30(36)24-12-13-25(41-17-20-4-8-22(39-2)9-5-20)29(28(24)33)42-18-21-6-10-23(40-3)11-7-21/h4-13,16H,14-15,17-19H2,1-3H3,(H,37,38). The summed E-state index contributed by atoms with van der Waals surface area (Å²) in [6.07, 6.45) is 0.575. The quantitative estimate of drug-likeness (QED) is 0.219. The third-order valence-electron chi connectivity index (χ3n) is 7.49. The van der Waals surface area contributed by atoms with Gasteiger partial charge in [-0.25, -0.2) is 4.79 Å². The van der Waals surface area contributed by atoms with E-state index in [0.29, 0.717) is 31.0 Å². The summed E-state index contributed by atoms with van der Waals surface area (Å²) in [4.78, 5) is 26.7. The number of hydrogen-bond donors (Lipinski definition) is 1. The van der Waals surface area contributed by atoms with Crippen molar-refractivity contribution in [3.8, 4) is 23.0 Å². The summed E-state index contributed by atoms with van der Waals surface area (Å²) < 4.78 is 27.7. The van der Waals surface area contributed by atoms with Crippen molar-refractivity contribution in [1.82, 2.24) is 10.1 Å². The summed E-state index contributed by atoms with van der Waals surface area (Å²) in [7, 11) is 3.21. The highest BCUT2D eigenvalue weighted by Crippen LogP contribution is 2.41. The van der Waals surface area contributed by atoms with Crippen molar-refractivity contribution in [2.45, 2.75) is 32.0 Å². The molecule has 1 fully saturated rings. The Kier molecular flexibility index (Phi) is 8.77. The molecule has 1 saturated heterocycles. The normalized spacial score (nSPS) is 16.1. The lowest BCUT2D eigenvalue weighted by atomic mass is 9.86. The molecule has 0 saturated carbocycles. The summed E-state index contributed by atoms with van der Waals surface area (Å²) in [5.74, 6) is 0.376. The summed E-state index contributed by atoms with van der Waals surface area (Å²) in [5.41, 5.74) is 1.96. The van der Waals surface area contributed by atoms with Gasteiger partial charge in [-0.2, -0.15) is 0 Å². The number of ether oxygens (including phenoxy) is 4. The molecule has 1 atom stereocenters. The molecule has 1 aliphatic rings. The van der Waals surface area contributed by atoms with Crippen LogP contribution in [0.3, 0.4) is 0 Å². The van der Waals surface area contributed by atoms with Crippen LogP contribution in [0, 0.1) is 0 Å². The van der Waals surface area contributed by atoms with Gasteiger partial charge in [0.15, 0.2) is 11.5 Å². The molecule has 0 bridgehead atoms. The Labute approximate surface area is 253 Å². The van der Waals surface area contributed by atoms with Crippen LogP contribution < -0.4 is 18.9 Å². The van der Waals surface area contributed by atoms with Crippen LogP contribution in [-0.2, 0) is 18.6 Å². The second-order valence-corrected chi connectivity index (χ2v) is 10.8. The fourth-order valence-corrected chi connectivity index (χ4v) is 5.18. The number of amides is 1. The second kappa shape index (κ2) is 12.7. The molecule has 11 heteroatoms. The lowest BCUT2D eigenvalue weighted by Crippen LogP contribution is -2.33. The number of carbonyl (C=O) groups is 2. The highest BCUT2D eigenvalue weighted by atomic mass is 35.5. The average molecular weight is 607 g/mol. The molecule has 1 aromatic heterocycles. The zero-order valence-corrected chi connectivity index (χ0v) is 24.7. The highest BCUT2D eigenvalue weighted by molar-refractivity contribution is 6.35. The monoisotopic (exact) mass is 606 g/mol. The van der Waals surface area contributed by atoms with E-state index in [4.69, 9.17) is 35.1 Å². The fraction of sp³-hybridized carbons (Fsp3) is 0.281. The van der Waals surface area contributed by atoms with Crippen molar-refractivity contribution < 1.29 is 38.2 Å². The number of aromatic nitrogens is 1. The van der Waals surface area contributed by atoms with Crippen LogP contribution >= 0.6 is 11.6 Å². The van der Waals surface area contributed by atoms with E-state index < -0.39 is 11.4 Å². The third-order valence-corrected chi connectivity index (χ3v) is 7.86. The Morgan fingerprint density at radius 2 is 1.56 bits per heavy atom. The molecule has 4 aromatic rings. The first-order valence-electron chi connectivity index (χ1n) is 13.5. The number of halogens is 1. The lowest BCUT2D eigenvalue weighted by Gasteiger charge is -2.23. The van der Waals surface area contributed by atoms with Crippen LogP contribution in [0.1, 0.15) is 51.1 Å². The van der Waals surface area contributed by atoms with E-state index in [1.807, 2.05) is 55.5 Å². The fourth-order valence-electron chi connectivity index (χ4n) is 4.89. The van der Waals surface area contributed by atoms with Crippen molar-refractivity contribution in [2.24, 2.45) is 0 Å². The first-order valence-corrected chi connectivity index (χ1v) is 13.9. The molecule has 10 nitrogen and oxygen atoms in total. The molecular weight excluding hydrogens is 576 g/mol. The smallest absolute Gasteiger partial charge is 0.374 e. The van der Waals surface area contributed by atoms with Crippen LogP contribution in [0.25, 0.3) is 0 Å². The minimum atomic E-state index is -1.20. The maximum Gasteiger partial charge on any atom is 0.374 e. The minimum absolute atomic E-state index is 0.133. The van der Waals surface area contributed by atoms with Gasteiger partial charge in [0, 0.05) is 24.6 Å². The van der Waals surface area contributed by atoms with Crippen molar-refractivity contribution in [1.29, 1.82) is 0 Å². The van der Waals surface area contributed by atoms with Crippen LogP contribution in [0.5, 0.6) is 23.0 Å². The largest absolute Gasteiger partial charge is 0.497 e. The molecule has 1 aliphatic heterocycles. The van der Waals surface area contributed by atoms with Gasteiger partial charge in [-0.15, -0.1) is 0 Å². The van der Waals surface area contributed by atoms with Gasteiger partial charge in [0.1, 0.15) is 24.7 Å². The molecule has 0 aliphatic carbocycles. The molecule has 1 unspecified atom stereocenters. The summed E-state index contributed by atoms with van der Waals surface area (Å²) in [6.45, 7) is 3.09. The zero-order valence-electron chi connectivity index (χ0n) is 24.0. The van der Waals surface area contributed by atoms with E-state index in [2.05, 4.69) is 5.16 Å². The number of carboxylic acids is 1.